The first-order chi connectivity index (χ1) is 8.72. The van der Waals surface area contributed by atoms with Gasteiger partial charge in [-0.05, 0) is 38.4 Å². The number of likely N-dealkylation sites (N-methyl/N-ethyl adjacent to an activating group) is 1. The Bertz CT molecular complexity index is 398. The molecule has 0 saturated carbocycles. The van der Waals surface area contributed by atoms with Crippen LogP contribution in [0.25, 0.3) is 0 Å². The average Bonchev–Trinajstić information content (AvgIpc) is 2.41. The van der Waals surface area contributed by atoms with Crippen molar-refractivity contribution in [3.8, 4) is 0 Å². The van der Waals surface area contributed by atoms with Crippen molar-refractivity contribution in [1.29, 1.82) is 0 Å². The van der Waals surface area contributed by atoms with Crippen molar-refractivity contribution in [2.75, 3.05) is 24.5 Å². The predicted molar refractivity (Wildman–Crippen MR) is 71.7 cm³/mol. The monoisotopic (exact) mass is 248 g/mol. The smallest absolute Gasteiger partial charge is 0.250 e. The molecule has 1 atom stereocenters. The van der Waals surface area contributed by atoms with Gasteiger partial charge in [0.05, 0.1) is 5.56 Å². The Kier molecular flexibility index (Phi) is 4.15. The van der Waals surface area contributed by atoms with Crippen molar-refractivity contribution in [2.24, 2.45) is 5.73 Å². The van der Waals surface area contributed by atoms with Gasteiger partial charge in [0.25, 0.3) is 0 Å². The third kappa shape index (κ3) is 2.79. The van der Waals surface area contributed by atoms with Crippen LogP contribution >= 0.6 is 0 Å². The number of nitrogens with zero attached hydrogens (tertiary/aromatic N) is 2. The number of nitrogens with two attached hydrogens (primary N) is 1. The number of amides is 1. The standard InChI is InChI=1S/C13H20N4O/c1-2-17(11-4-3-7-15-9-11)12-6-5-10(8-16-12)13(14)18/h5-6,8,11,15H,2-4,7,9H2,1H3,(H2,14,18). The van der Waals surface area contributed by atoms with Crippen LogP contribution in [0.15, 0.2) is 18.3 Å². The van der Waals surface area contributed by atoms with Crippen LogP contribution in [0.1, 0.15) is 30.1 Å². The van der Waals surface area contributed by atoms with E-state index in [1.54, 1.807) is 12.3 Å². The molecule has 0 spiro atoms. The number of hydrogen-bond acceptors (Lipinski definition) is 4. The Balaban J connectivity index is 2.13. The summed E-state index contributed by atoms with van der Waals surface area (Å²) >= 11 is 0. The van der Waals surface area contributed by atoms with Crippen molar-refractivity contribution < 1.29 is 4.79 Å². The lowest BCUT2D eigenvalue weighted by Crippen LogP contribution is -2.46. The molecule has 1 fully saturated rings. The first-order valence-electron chi connectivity index (χ1n) is 6.45. The van der Waals surface area contributed by atoms with Crippen molar-refractivity contribution in [1.82, 2.24) is 10.3 Å². The van der Waals surface area contributed by atoms with Crippen molar-refractivity contribution >= 4 is 11.7 Å². The summed E-state index contributed by atoms with van der Waals surface area (Å²) in [6.07, 6.45) is 3.93. The number of carbonyl (C=O) groups excluding carboxylic acids is 1. The van der Waals surface area contributed by atoms with E-state index in [9.17, 15) is 4.79 Å². The molecule has 0 aliphatic carbocycles. The fourth-order valence-electron chi connectivity index (χ4n) is 2.41. The summed E-state index contributed by atoms with van der Waals surface area (Å²) in [7, 11) is 0. The first kappa shape index (κ1) is 12.8. The molecule has 1 amide bonds. The molecule has 5 nitrogen and oxygen atoms in total. The number of anilines is 1. The van der Waals surface area contributed by atoms with E-state index in [4.69, 9.17) is 5.73 Å². The summed E-state index contributed by atoms with van der Waals surface area (Å²) in [5.74, 6) is 0.479. The largest absolute Gasteiger partial charge is 0.366 e. The highest BCUT2D eigenvalue weighted by atomic mass is 16.1. The van der Waals surface area contributed by atoms with Gasteiger partial charge in [0.1, 0.15) is 5.82 Å². The number of pyridine rings is 1. The van der Waals surface area contributed by atoms with Gasteiger partial charge in [-0.1, -0.05) is 0 Å². The van der Waals surface area contributed by atoms with E-state index >= 15 is 0 Å². The van der Waals surface area contributed by atoms with Crippen molar-refractivity contribution in [3.05, 3.63) is 23.9 Å². The maximum Gasteiger partial charge on any atom is 0.250 e. The van der Waals surface area contributed by atoms with Gasteiger partial charge in [0.15, 0.2) is 0 Å². The summed E-state index contributed by atoms with van der Waals surface area (Å²) < 4.78 is 0. The van der Waals surface area contributed by atoms with Crippen LogP contribution in [-0.4, -0.2) is 36.6 Å². The molecule has 1 aliphatic rings. The summed E-state index contributed by atoms with van der Waals surface area (Å²) in [5, 5.41) is 3.41. The molecule has 1 aromatic heterocycles. The molecule has 98 valence electrons. The first-order valence-corrected chi connectivity index (χ1v) is 6.45. The van der Waals surface area contributed by atoms with Gasteiger partial charge in [-0.15, -0.1) is 0 Å². The minimum Gasteiger partial charge on any atom is -0.366 e. The Morgan fingerprint density at radius 1 is 1.61 bits per heavy atom. The zero-order chi connectivity index (χ0) is 13.0. The molecule has 2 rings (SSSR count). The molecule has 1 unspecified atom stereocenters. The molecule has 5 heteroatoms. The fraction of sp³-hybridized carbons (Fsp3) is 0.538. The van der Waals surface area contributed by atoms with E-state index < -0.39 is 5.91 Å². The third-order valence-corrected chi connectivity index (χ3v) is 3.38. The molecule has 1 aromatic rings. The number of aromatic nitrogens is 1. The number of hydrogen-bond donors (Lipinski definition) is 2. The normalized spacial score (nSPS) is 19.5. The number of nitrogens with one attached hydrogen (secondary N) is 1. The summed E-state index contributed by atoms with van der Waals surface area (Å²) in [6, 6.07) is 4.09. The van der Waals surface area contributed by atoms with Gasteiger partial charge in [-0.3, -0.25) is 4.79 Å². The Morgan fingerprint density at radius 3 is 2.94 bits per heavy atom. The van der Waals surface area contributed by atoms with Crippen molar-refractivity contribution in [3.63, 3.8) is 0 Å². The maximum absolute atomic E-state index is 11.0. The number of piperidine rings is 1. The van der Waals surface area contributed by atoms with Crippen LogP contribution in [0, 0.1) is 0 Å². The van der Waals surface area contributed by atoms with Gasteiger partial charge >= 0.3 is 0 Å². The summed E-state index contributed by atoms with van der Waals surface area (Å²) in [6.45, 7) is 5.13. The summed E-state index contributed by atoms with van der Waals surface area (Å²) in [5.41, 5.74) is 5.67. The third-order valence-electron chi connectivity index (χ3n) is 3.38. The highest BCUT2D eigenvalue weighted by Gasteiger charge is 2.20. The van der Waals surface area contributed by atoms with Crippen LogP contribution in [0.4, 0.5) is 5.82 Å². The quantitative estimate of drug-likeness (QED) is 0.825. The number of carbonyl (C=O) groups is 1. The van der Waals surface area contributed by atoms with Gasteiger partial charge in [0.2, 0.25) is 5.91 Å². The zero-order valence-electron chi connectivity index (χ0n) is 10.7. The lowest BCUT2D eigenvalue weighted by molar-refractivity contribution is 0.1000. The molecule has 2 heterocycles. The second-order valence-electron chi connectivity index (χ2n) is 4.56. The van der Waals surface area contributed by atoms with Crippen LogP contribution in [0.2, 0.25) is 0 Å². The predicted octanol–water partition coefficient (Wildman–Crippen LogP) is 0.759. The lowest BCUT2D eigenvalue weighted by Gasteiger charge is -2.34. The van der Waals surface area contributed by atoms with E-state index in [-0.39, 0.29) is 0 Å². The Morgan fingerprint density at radius 2 is 2.44 bits per heavy atom. The zero-order valence-corrected chi connectivity index (χ0v) is 10.7. The number of primary amides is 1. The fourth-order valence-corrected chi connectivity index (χ4v) is 2.41. The molecule has 1 aliphatic heterocycles. The minimum atomic E-state index is -0.434. The van der Waals surface area contributed by atoms with E-state index in [0.29, 0.717) is 11.6 Å². The van der Waals surface area contributed by atoms with E-state index in [0.717, 1.165) is 25.5 Å². The molecule has 0 aromatic carbocycles. The topological polar surface area (TPSA) is 71.2 Å². The van der Waals surface area contributed by atoms with E-state index in [1.807, 2.05) is 6.07 Å². The molecule has 18 heavy (non-hydrogen) atoms. The van der Waals surface area contributed by atoms with Crippen LogP contribution in [0.5, 0.6) is 0 Å². The van der Waals surface area contributed by atoms with E-state index in [1.165, 1.54) is 12.8 Å². The molecule has 0 radical (unpaired) electrons. The van der Waals surface area contributed by atoms with E-state index in [2.05, 4.69) is 22.1 Å². The van der Waals surface area contributed by atoms with Crippen LogP contribution < -0.4 is 16.0 Å². The second-order valence-corrected chi connectivity index (χ2v) is 4.56. The highest BCUT2D eigenvalue weighted by Crippen LogP contribution is 2.18. The molecule has 0 bridgehead atoms. The second kappa shape index (κ2) is 5.82. The maximum atomic E-state index is 11.0. The highest BCUT2D eigenvalue weighted by molar-refractivity contribution is 5.92. The molecule has 1 saturated heterocycles. The summed E-state index contributed by atoms with van der Waals surface area (Å²) in [4.78, 5) is 17.6. The van der Waals surface area contributed by atoms with Crippen LogP contribution in [0.3, 0.4) is 0 Å². The molecular weight excluding hydrogens is 228 g/mol. The Labute approximate surface area is 107 Å². The Hall–Kier alpha value is -1.62. The molecular formula is C13H20N4O. The average molecular weight is 248 g/mol. The minimum absolute atomic E-state index is 0.434. The van der Waals surface area contributed by atoms with Gasteiger partial charge < -0.3 is 16.0 Å². The molecule has 3 N–H and O–H groups in total. The van der Waals surface area contributed by atoms with Crippen molar-refractivity contribution in [2.45, 2.75) is 25.8 Å². The van der Waals surface area contributed by atoms with Gasteiger partial charge in [0, 0.05) is 25.3 Å². The lowest BCUT2D eigenvalue weighted by atomic mass is 10.1. The SMILES string of the molecule is CCN(c1ccc(C(N)=O)cn1)C1CCCNC1. The number of rotatable bonds is 4. The van der Waals surface area contributed by atoms with Crippen LogP contribution in [-0.2, 0) is 0 Å². The van der Waals surface area contributed by atoms with Gasteiger partial charge in [-0.25, -0.2) is 4.98 Å². The van der Waals surface area contributed by atoms with Gasteiger partial charge in [-0.2, -0.15) is 0 Å².